The van der Waals surface area contributed by atoms with Crippen molar-refractivity contribution < 1.29 is 14.6 Å². The van der Waals surface area contributed by atoms with E-state index in [2.05, 4.69) is 29.9 Å². The van der Waals surface area contributed by atoms with Gasteiger partial charge in [0, 0.05) is 6.08 Å². The first-order valence-electron chi connectivity index (χ1n) is 8.65. The summed E-state index contributed by atoms with van der Waals surface area (Å²) in [6.45, 7) is 10.1. The van der Waals surface area contributed by atoms with Crippen molar-refractivity contribution in [1.29, 1.82) is 0 Å². The van der Waals surface area contributed by atoms with Crippen molar-refractivity contribution in [3.63, 3.8) is 0 Å². The van der Waals surface area contributed by atoms with Crippen LogP contribution >= 0.6 is 0 Å². The second kappa shape index (κ2) is 12.8. The highest BCUT2D eigenvalue weighted by Crippen LogP contribution is 2.14. The van der Waals surface area contributed by atoms with Gasteiger partial charge in [-0.2, -0.15) is 0 Å². The Hall–Kier alpha value is -1.61. The average molecular weight is 335 g/mol. The molecule has 3 heteroatoms. The molecule has 0 saturated heterocycles. The number of rotatable bonds is 10. The quantitative estimate of drug-likeness (QED) is 0.336. The highest BCUT2D eigenvalue weighted by molar-refractivity contribution is 5.82. The van der Waals surface area contributed by atoms with Crippen LogP contribution in [0, 0.1) is 0 Å². The zero-order valence-corrected chi connectivity index (χ0v) is 16.2. The number of ether oxygens (including phenoxy) is 1. The molecule has 1 N–H and O–H groups in total. The molecule has 0 aliphatic rings. The summed E-state index contributed by atoms with van der Waals surface area (Å²) in [4.78, 5) is 11.1. The van der Waals surface area contributed by atoms with Gasteiger partial charge >= 0.3 is 5.97 Å². The molecule has 0 aromatic heterocycles. The molecule has 1 unspecified atom stereocenters. The highest BCUT2D eigenvalue weighted by atomic mass is 16.5. The first-order chi connectivity index (χ1) is 11.3. The lowest BCUT2D eigenvalue weighted by Gasteiger charge is -2.09. The van der Waals surface area contributed by atoms with E-state index in [9.17, 15) is 9.90 Å². The molecule has 0 aromatic carbocycles. The van der Waals surface area contributed by atoms with E-state index in [4.69, 9.17) is 0 Å². The molecule has 0 aliphatic carbocycles. The largest absolute Gasteiger partial charge is 0.466 e. The molecular weight excluding hydrogens is 300 g/mol. The fourth-order valence-electron chi connectivity index (χ4n) is 2.18. The molecular formula is C21H34O3. The van der Waals surface area contributed by atoms with Gasteiger partial charge in [0.25, 0.3) is 0 Å². The fourth-order valence-corrected chi connectivity index (χ4v) is 2.18. The number of carbonyl (C=O) groups excluding carboxylic acids is 1. The Kier molecular flexibility index (Phi) is 11.9. The lowest BCUT2D eigenvalue weighted by Crippen LogP contribution is -2.06. The van der Waals surface area contributed by atoms with Crippen LogP contribution in [0.5, 0.6) is 0 Å². The van der Waals surface area contributed by atoms with Crippen molar-refractivity contribution >= 4 is 5.97 Å². The van der Waals surface area contributed by atoms with Gasteiger partial charge in [-0.15, -0.1) is 0 Å². The van der Waals surface area contributed by atoms with E-state index >= 15 is 0 Å². The minimum absolute atomic E-state index is 0.291. The van der Waals surface area contributed by atoms with E-state index in [0.717, 1.165) is 36.8 Å². The van der Waals surface area contributed by atoms with Gasteiger partial charge < -0.3 is 9.84 Å². The normalized spacial score (nSPS) is 14.4. The van der Waals surface area contributed by atoms with Gasteiger partial charge in [-0.1, -0.05) is 34.9 Å². The lowest BCUT2D eigenvalue weighted by molar-refractivity contribution is -0.134. The summed E-state index contributed by atoms with van der Waals surface area (Å²) in [7, 11) is 1.39. The Bertz CT molecular complexity index is 503. The van der Waals surface area contributed by atoms with Crippen molar-refractivity contribution in [2.24, 2.45) is 0 Å². The second-order valence-corrected chi connectivity index (χ2v) is 6.62. The van der Waals surface area contributed by atoms with Gasteiger partial charge in [-0.05, 0) is 72.3 Å². The van der Waals surface area contributed by atoms with Crippen molar-refractivity contribution in [1.82, 2.24) is 0 Å². The molecule has 0 aliphatic heterocycles. The molecule has 3 nitrogen and oxygen atoms in total. The van der Waals surface area contributed by atoms with Gasteiger partial charge in [0.15, 0.2) is 0 Å². The molecule has 0 fully saturated rings. The maximum Gasteiger partial charge on any atom is 0.330 e. The molecule has 0 radical (unpaired) electrons. The zero-order chi connectivity index (χ0) is 18.5. The van der Waals surface area contributed by atoms with E-state index in [0.29, 0.717) is 6.42 Å². The number of carbonyl (C=O) groups is 1. The maximum atomic E-state index is 11.1. The molecule has 0 heterocycles. The minimum atomic E-state index is -0.379. The Morgan fingerprint density at radius 3 is 2.12 bits per heavy atom. The van der Waals surface area contributed by atoms with Gasteiger partial charge in [-0.3, -0.25) is 0 Å². The summed E-state index contributed by atoms with van der Waals surface area (Å²) >= 11 is 0. The first-order valence-corrected chi connectivity index (χ1v) is 8.65. The Labute approximate surface area is 147 Å². The predicted octanol–water partition coefficient (Wildman–Crippen LogP) is 5.28. The number of esters is 1. The fraction of sp³-hybridized carbons (Fsp3) is 0.571. The standard InChI is InChI=1S/C21H34O3/c1-16(2)13-14-20(22)19(5)12-8-10-17(3)9-7-11-18(4)15-21(23)24-6/h9,12-13,15,20,22H,7-8,10-11,14H2,1-6H3. The number of aliphatic hydroxyl groups is 1. The number of hydrogen-bond acceptors (Lipinski definition) is 3. The van der Waals surface area contributed by atoms with Gasteiger partial charge in [-0.25, -0.2) is 4.79 Å². The molecule has 24 heavy (non-hydrogen) atoms. The minimum Gasteiger partial charge on any atom is -0.466 e. The number of hydrogen-bond donors (Lipinski definition) is 1. The molecule has 1 atom stereocenters. The van der Waals surface area contributed by atoms with Crippen LogP contribution in [0.25, 0.3) is 0 Å². The lowest BCUT2D eigenvalue weighted by atomic mass is 10.0. The monoisotopic (exact) mass is 334 g/mol. The molecule has 0 bridgehead atoms. The second-order valence-electron chi connectivity index (χ2n) is 6.62. The Balaban J connectivity index is 4.22. The van der Waals surface area contributed by atoms with E-state index in [1.54, 1.807) is 6.08 Å². The molecule has 0 rings (SSSR count). The van der Waals surface area contributed by atoms with E-state index in [-0.39, 0.29) is 12.1 Å². The van der Waals surface area contributed by atoms with E-state index in [1.807, 2.05) is 27.7 Å². The summed E-state index contributed by atoms with van der Waals surface area (Å²) in [6.07, 6.45) is 12.0. The summed E-state index contributed by atoms with van der Waals surface area (Å²) < 4.78 is 4.61. The van der Waals surface area contributed by atoms with Crippen LogP contribution in [0.4, 0.5) is 0 Å². The summed E-state index contributed by atoms with van der Waals surface area (Å²) in [6, 6.07) is 0. The number of methoxy groups -OCH3 is 1. The Morgan fingerprint density at radius 2 is 1.54 bits per heavy atom. The summed E-state index contributed by atoms with van der Waals surface area (Å²) in [5, 5.41) is 10.1. The van der Waals surface area contributed by atoms with Gasteiger partial charge in [0.2, 0.25) is 0 Å². The molecule has 136 valence electrons. The Morgan fingerprint density at radius 1 is 0.958 bits per heavy atom. The van der Waals surface area contributed by atoms with Crippen molar-refractivity contribution in [3.8, 4) is 0 Å². The van der Waals surface area contributed by atoms with E-state index in [1.165, 1.54) is 18.3 Å². The topological polar surface area (TPSA) is 46.5 Å². The molecule has 0 saturated carbocycles. The van der Waals surface area contributed by atoms with Crippen LogP contribution in [0.1, 0.15) is 66.7 Å². The first kappa shape index (κ1) is 22.4. The SMILES string of the molecule is COC(=O)C=C(C)CCC=C(C)CCC=C(C)C(O)CC=C(C)C. The third-order valence-corrected chi connectivity index (χ3v) is 3.88. The summed E-state index contributed by atoms with van der Waals surface area (Å²) in [5.41, 5.74) is 4.64. The highest BCUT2D eigenvalue weighted by Gasteiger charge is 2.03. The predicted molar refractivity (Wildman–Crippen MR) is 102 cm³/mol. The van der Waals surface area contributed by atoms with Crippen LogP contribution in [0.2, 0.25) is 0 Å². The third kappa shape index (κ3) is 11.9. The van der Waals surface area contributed by atoms with Crippen molar-refractivity contribution in [2.75, 3.05) is 7.11 Å². The van der Waals surface area contributed by atoms with Crippen LogP contribution in [-0.4, -0.2) is 24.3 Å². The zero-order valence-electron chi connectivity index (χ0n) is 16.2. The molecule has 0 aromatic rings. The van der Waals surface area contributed by atoms with Crippen LogP contribution in [-0.2, 0) is 9.53 Å². The van der Waals surface area contributed by atoms with E-state index < -0.39 is 0 Å². The molecule has 0 amide bonds. The van der Waals surface area contributed by atoms with Gasteiger partial charge in [0.05, 0.1) is 13.2 Å². The van der Waals surface area contributed by atoms with Crippen LogP contribution in [0.3, 0.4) is 0 Å². The molecule has 0 spiro atoms. The number of allylic oxidation sites excluding steroid dienone is 5. The summed E-state index contributed by atoms with van der Waals surface area (Å²) in [5.74, 6) is -0.291. The average Bonchev–Trinajstić information content (AvgIpc) is 2.52. The van der Waals surface area contributed by atoms with Crippen molar-refractivity contribution in [2.45, 2.75) is 72.8 Å². The third-order valence-electron chi connectivity index (χ3n) is 3.88. The van der Waals surface area contributed by atoms with Crippen molar-refractivity contribution in [3.05, 3.63) is 46.6 Å². The van der Waals surface area contributed by atoms with Crippen LogP contribution < -0.4 is 0 Å². The maximum absolute atomic E-state index is 11.1. The smallest absolute Gasteiger partial charge is 0.330 e. The van der Waals surface area contributed by atoms with Gasteiger partial charge in [0.1, 0.15) is 0 Å². The number of aliphatic hydroxyl groups excluding tert-OH is 1. The van der Waals surface area contributed by atoms with Crippen LogP contribution in [0.15, 0.2) is 46.6 Å².